The number of aromatic nitrogens is 2. The third kappa shape index (κ3) is 2.83. The minimum absolute atomic E-state index is 0.00657. The summed E-state index contributed by atoms with van der Waals surface area (Å²) in [4.78, 5) is 14.6. The quantitative estimate of drug-likeness (QED) is 0.679. The van der Waals surface area contributed by atoms with Crippen LogP contribution < -0.4 is 5.73 Å². The number of non-ortho nitro benzene ring substituents is 1. The maximum atomic E-state index is 10.9. The molecule has 7 nitrogen and oxygen atoms in total. The van der Waals surface area contributed by atoms with Crippen molar-refractivity contribution in [1.82, 2.24) is 10.1 Å². The van der Waals surface area contributed by atoms with E-state index in [9.17, 15) is 10.1 Å². The summed E-state index contributed by atoms with van der Waals surface area (Å²) in [5.74, 6) is 0.814. The minimum Gasteiger partial charge on any atom is -0.334 e. The molecule has 106 valence electrons. The third-order valence-corrected chi connectivity index (χ3v) is 2.98. The molecule has 0 aliphatic heterocycles. The molecule has 2 aromatic rings. The van der Waals surface area contributed by atoms with E-state index in [1.807, 2.05) is 13.8 Å². The van der Waals surface area contributed by atoms with Gasteiger partial charge in [-0.15, -0.1) is 0 Å². The van der Waals surface area contributed by atoms with E-state index in [2.05, 4.69) is 10.1 Å². The SMILES string of the molecule is Cc1cc(-c2nc(C(N)C(C)C)no2)cc([N+](=O)[O-])c1. The molecule has 2 rings (SSSR count). The van der Waals surface area contributed by atoms with E-state index in [0.29, 0.717) is 11.4 Å². The molecule has 1 aromatic heterocycles. The van der Waals surface area contributed by atoms with Crippen molar-refractivity contribution in [2.24, 2.45) is 11.7 Å². The molecular weight excluding hydrogens is 260 g/mol. The van der Waals surface area contributed by atoms with Gasteiger partial charge in [-0.3, -0.25) is 10.1 Å². The zero-order valence-electron chi connectivity index (χ0n) is 11.5. The Bertz CT molecular complexity index is 636. The smallest absolute Gasteiger partial charge is 0.270 e. The summed E-state index contributed by atoms with van der Waals surface area (Å²) in [5.41, 5.74) is 7.21. The number of benzene rings is 1. The lowest BCUT2D eigenvalue weighted by molar-refractivity contribution is -0.384. The van der Waals surface area contributed by atoms with Gasteiger partial charge in [0.25, 0.3) is 11.6 Å². The molecule has 0 radical (unpaired) electrons. The van der Waals surface area contributed by atoms with Crippen LogP contribution in [-0.4, -0.2) is 15.1 Å². The fourth-order valence-electron chi connectivity index (χ4n) is 1.78. The van der Waals surface area contributed by atoms with Gasteiger partial charge in [-0.25, -0.2) is 0 Å². The van der Waals surface area contributed by atoms with Crippen molar-refractivity contribution in [3.8, 4) is 11.5 Å². The lowest BCUT2D eigenvalue weighted by atomic mass is 10.1. The molecule has 0 spiro atoms. The molecule has 0 fully saturated rings. The standard InChI is InChI=1S/C13H16N4O3/c1-7(2)11(14)12-15-13(20-16-12)9-4-8(3)5-10(6-9)17(18)19/h4-7,11H,14H2,1-3H3. The number of nitro groups is 1. The Balaban J connectivity index is 2.39. The Labute approximate surface area is 115 Å². The van der Waals surface area contributed by atoms with E-state index in [1.165, 1.54) is 12.1 Å². The second-order valence-electron chi connectivity index (χ2n) is 5.04. The van der Waals surface area contributed by atoms with Crippen molar-refractivity contribution in [3.63, 3.8) is 0 Å². The molecule has 20 heavy (non-hydrogen) atoms. The van der Waals surface area contributed by atoms with Crippen molar-refractivity contribution in [2.45, 2.75) is 26.8 Å². The number of hydrogen-bond donors (Lipinski definition) is 1. The molecule has 1 atom stereocenters. The summed E-state index contributed by atoms with van der Waals surface area (Å²) in [5, 5.41) is 14.7. The highest BCUT2D eigenvalue weighted by Gasteiger charge is 2.19. The topological polar surface area (TPSA) is 108 Å². The second-order valence-corrected chi connectivity index (χ2v) is 5.04. The van der Waals surface area contributed by atoms with Crippen LogP contribution in [0.4, 0.5) is 5.69 Å². The summed E-state index contributed by atoms with van der Waals surface area (Å²) in [7, 11) is 0. The molecule has 1 heterocycles. The van der Waals surface area contributed by atoms with Crippen LogP contribution in [0, 0.1) is 23.0 Å². The summed E-state index contributed by atoms with van der Waals surface area (Å²) in [6.07, 6.45) is 0. The van der Waals surface area contributed by atoms with Crippen molar-refractivity contribution in [2.75, 3.05) is 0 Å². The molecule has 0 saturated heterocycles. The van der Waals surface area contributed by atoms with Crippen LogP contribution >= 0.6 is 0 Å². The maximum absolute atomic E-state index is 10.9. The predicted octanol–water partition coefficient (Wildman–Crippen LogP) is 2.61. The summed E-state index contributed by atoms with van der Waals surface area (Å²) < 4.78 is 5.15. The first-order valence-corrected chi connectivity index (χ1v) is 6.24. The second kappa shape index (κ2) is 5.38. The molecular formula is C13H16N4O3. The van der Waals surface area contributed by atoms with Gasteiger partial charge in [-0.1, -0.05) is 19.0 Å². The van der Waals surface area contributed by atoms with Crippen molar-refractivity contribution in [3.05, 3.63) is 39.7 Å². The summed E-state index contributed by atoms with van der Waals surface area (Å²) >= 11 is 0. The Morgan fingerprint density at radius 2 is 2.05 bits per heavy atom. The highest BCUT2D eigenvalue weighted by molar-refractivity contribution is 5.59. The monoisotopic (exact) mass is 276 g/mol. The fourth-order valence-corrected chi connectivity index (χ4v) is 1.78. The number of nitrogens with two attached hydrogens (primary N) is 1. The van der Waals surface area contributed by atoms with Gasteiger partial charge in [0.1, 0.15) is 0 Å². The van der Waals surface area contributed by atoms with E-state index >= 15 is 0 Å². The average Bonchev–Trinajstić information content (AvgIpc) is 2.86. The van der Waals surface area contributed by atoms with Crippen molar-refractivity contribution in [1.29, 1.82) is 0 Å². The number of nitrogens with zero attached hydrogens (tertiary/aromatic N) is 3. The zero-order chi connectivity index (χ0) is 14.9. The molecule has 0 aliphatic rings. The number of nitro benzene ring substituents is 1. The molecule has 2 N–H and O–H groups in total. The first-order chi connectivity index (χ1) is 9.38. The first kappa shape index (κ1) is 14.1. The molecule has 0 aliphatic carbocycles. The zero-order valence-corrected chi connectivity index (χ0v) is 11.5. The molecule has 0 amide bonds. The molecule has 7 heteroatoms. The van der Waals surface area contributed by atoms with Crippen LogP contribution in [0.25, 0.3) is 11.5 Å². The van der Waals surface area contributed by atoms with Gasteiger partial charge < -0.3 is 10.3 Å². The van der Waals surface area contributed by atoms with Crippen LogP contribution in [0.5, 0.6) is 0 Å². The third-order valence-electron chi connectivity index (χ3n) is 2.98. The van der Waals surface area contributed by atoms with Crippen LogP contribution in [0.2, 0.25) is 0 Å². The van der Waals surface area contributed by atoms with Gasteiger partial charge in [-0.05, 0) is 24.5 Å². The first-order valence-electron chi connectivity index (χ1n) is 6.24. The fraction of sp³-hybridized carbons (Fsp3) is 0.385. The molecule has 0 saturated carbocycles. The van der Waals surface area contributed by atoms with E-state index in [1.54, 1.807) is 13.0 Å². The lowest BCUT2D eigenvalue weighted by Gasteiger charge is -2.09. The molecule has 1 unspecified atom stereocenters. The van der Waals surface area contributed by atoms with Crippen LogP contribution in [0.15, 0.2) is 22.7 Å². The van der Waals surface area contributed by atoms with Crippen molar-refractivity contribution < 1.29 is 9.45 Å². The van der Waals surface area contributed by atoms with Gasteiger partial charge in [-0.2, -0.15) is 4.98 Å². The lowest BCUT2D eigenvalue weighted by Crippen LogP contribution is -2.18. The van der Waals surface area contributed by atoms with Crippen LogP contribution in [0.1, 0.15) is 31.3 Å². The predicted molar refractivity (Wildman–Crippen MR) is 72.9 cm³/mol. The summed E-state index contributed by atoms with van der Waals surface area (Å²) in [6.45, 7) is 5.68. The van der Waals surface area contributed by atoms with Gasteiger partial charge in [0.05, 0.1) is 11.0 Å². The highest BCUT2D eigenvalue weighted by Crippen LogP contribution is 2.26. The van der Waals surface area contributed by atoms with E-state index in [-0.39, 0.29) is 23.5 Å². The molecule has 0 bridgehead atoms. The normalized spacial score (nSPS) is 12.7. The van der Waals surface area contributed by atoms with Crippen LogP contribution in [-0.2, 0) is 0 Å². The van der Waals surface area contributed by atoms with E-state index in [4.69, 9.17) is 10.3 Å². The van der Waals surface area contributed by atoms with Gasteiger partial charge in [0.15, 0.2) is 5.82 Å². The Hall–Kier alpha value is -2.28. The number of aryl methyl sites for hydroxylation is 1. The van der Waals surface area contributed by atoms with Crippen molar-refractivity contribution >= 4 is 5.69 Å². The Kier molecular flexibility index (Phi) is 3.80. The van der Waals surface area contributed by atoms with Crippen LogP contribution in [0.3, 0.4) is 0 Å². The van der Waals surface area contributed by atoms with E-state index < -0.39 is 4.92 Å². The average molecular weight is 276 g/mol. The summed E-state index contributed by atoms with van der Waals surface area (Å²) in [6, 6.07) is 4.32. The van der Waals surface area contributed by atoms with Gasteiger partial charge >= 0.3 is 0 Å². The largest absolute Gasteiger partial charge is 0.334 e. The minimum atomic E-state index is -0.451. The maximum Gasteiger partial charge on any atom is 0.270 e. The number of hydrogen-bond acceptors (Lipinski definition) is 6. The molecule has 1 aromatic carbocycles. The Morgan fingerprint density at radius 1 is 1.35 bits per heavy atom. The Morgan fingerprint density at radius 3 is 2.65 bits per heavy atom. The van der Waals surface area contributed by atoms with Gasteiger partial charge in [0.2, 0.25) is 0 Å². The van der Waals surface area contributed by atoms with Gasteiger partial charge in [0, 0.05) is 17.7 Å². The number of rotatable bonds is 4. The van der Waals surface area contributed by atoms with E-state index in [0.717, 1.165) is 5.56 Å². The highest BCUT2D eigenvalue weighted by atomic mass is 16.6.